The molecule has 3 aromatic carbocycles. The van der Waals surface area contributed by atoms with Crippen molar-refractivity contribution in [3.8, 4) is 0 Å². The average Bonchev–Trinajstić information content (AvgIpc) is 2.64. The summed E-state index contributed by atoms with van der Waals surface area (Å²) in [4.78, 5) is 24.7. The molecule has 0 atom stereocenters. The van der Waals surface area contributed by atoms with Crippen LogP contribution in [0, 0.1) is 0 Å². The Morgan fingerprint density at radius 1 is 0.600 bits per heavy atom. The van der Waals surface area contributed by atoms with Gasteiger partial charge in [-0.05, 0) is 48.5 Å². The van der Waals surface area contributed by atoms with E-state index in [4.69, 9.17) is 5.73 Å². The van der Waals surface area contributed by atoms with E-state index in [9.17, 15) is 9.59 Å². The second kappa shape index (κ2) is 7.31. The number of rotatable bonds is 4. The Labute approximate surface area is 145 Å². The fourth-order valence-corrected chi connectivity index (χ4v) is 2.31. The van der Waals surface area contributed by atoms with Gasteiger partial charge >= 0.3 is 0 Å². The predicted molar refractivity (Wildman–Crippen MR) is 99.6 cm³/mol. The molecule has 0 fully saturated rings. The lowest BCUT2D eigenvalue weighted by Gasteiger charge is -2.12. The zero-order chi connectivity index (χ0) is 17.6. The van der Waals surface area contributed by atoms with Gasteiger partial charge in [0.15, 0.2) is 0 Å². The van der Waals surface area contributed by atoms with Gasteiger partial charge in [0.1, 0.15) is 0 Å². The van der Waals surface area contributed by atoms with Gasteiger partial charge in [-0.25, -0.2) is 0 Å². The fourth-order valence-electron chi connectivity index (χ4n) is 2.31. The monoisotopic (exact) mass is 331 g/mol. The summed E-state index contributed by atoms with van der Waals surface area (Å²) in [6.07, 6.45) is 0. The Bertz CT molecular complexity index is 890. The van der Waals surface area contributed by atoms with E-state index in [-0.39, 0.29) is 11.8 Å². The van der Waals surface area contributed by atoms with E-state index in [1.54, 1.807) is 72.8 Å². The van der Waals surface area contributed by atoms with E-state index >= 15 is 0 Å². The molecule has 124 valence electrons. The summed E-state index contributed by atoms with van der Waals surface area (Å²) in [7, 11) is 0. The molecule has 0 saturated heterocycles. The minimum atomic E-state index is -0.276. The molecule has 2 amide bonds. The third kappa shape index (κ3) is 4.03. The molecule has 3 aromatic rings. The quantitative estimate of drug-likeness (QED) is 0.636. The van der Waals surface area contributed by atoms with Crippen LogP contribution >= 0.6 is 0 Å². The molecule has 0 aromatic heterocycles. The third-order valence-corrected chi connectivity index (χ3v) is 3.63. The van der Waals surface area contributed by atoms with Crippen molar-refractivity contribution in [1.29, 1.82) is 0 Å². The number of hydrogen-bond donors (Lipinski definition) is 3. The van der Waals surface area contributed by atoms with Crippen molar-refractivity contribution in [2.75, 3.05) is 16.4 Å². The molecule has 5 nitrogen and oxygen atoms in total. The van der Waals surface area contributed by atoms with Crippen LogP contribution in [0.2, 0.25) is 0 Å². The SMILES string of the molecule is Nc1ccc(C(=O)Nc2ccccc2NC(=O)c2ccccc2)cc1. The van der Waals surface area contributed by atoms with E-state index in [2.05, 4.69) is 10.6 Å². The van der Waals surface area contributed by atoms with E-state index in [1.165, 1.54) is 0 Å². The van der Waals surface area contributed by atoms with Crippen molar-refractivity contribution < 1.29 is 9.59 Å². The van der Waals surface area contributed by atoms with Crippen LogP contribution in [-0.4, -0.2) is 11.8 Å². The highest BCUT2D eigenvalue weighted by Gasteiger charge is 2.11. The van der Waals surface area contributed by atoms with Gasteiger partial charge < -0.3 is 16.4 Å². The molecule has 0 bridgehead atoms. The standard InChI is InChI=1S/C20H17N3O2/c21-16-12-10-15(11-13-16)20(25)23-18-9-5-4-8-17(18)22-19(24)14-6-2-1-3-7-14/h1-13H,21H2,(H,22,24)(H,23,25). The van der Waals surface area contributed by atoms with E-state index in [0.717, 1.165) is 0 Å². The van der Waals surface area contributed by atoms with Crippen molar-refractivity contribution >= 4 is 28.9 Å². The molecule has 5 heteroatoms. The number of carbonyl (C=O) groups is 2. The summed E-state index contributed by atoms with van der Waals surface area (Å²) in [6.45, 7) is 0. The number of para-hydroxylation sites is 2. The Kier molecular flexibility index (Phi) is 4.76. The number of nitrogens with two attached hydrogens (primary N) is 1. The lowest BCUT2D eigenvalue weighted by atomic mass is 10.1. The number of carbonyl (C=O) groups excluding carboxylic acids is 2. The zero-order valence-corrected chi connectivity index (χ0v) is 13.4. The van der Waals surface area contributed by atoms with Gasteiger partial charge in [-0.3, -0.25) is 9.59 Å². The van der Waals surface area contributed by atoms with Crippen LogP contribution in [0.4, 0.5) is 17.1 Å². The maximum absolute atomic E-state index is 12.4. The van der Waals surface area contributed by atoms with Gasteiger partial charge in [0, 0.05) is 16.8 Å². The van der Waals surface area contributed by atoms with Crippen LogP contribution in [0.5, 0.6) is 0 Å². The largest absolute Gasteiger partial charge is 0.399 e. The first-order valence-electron chi connectivity index (χ1n) is 7.76. The van der Waals surface area contributed by atoms with Crippen LogP contribution in [0.15, 0.2) is 78.9 Å². The lowest BCUT2D eigenvalue weighted by molar-refractivity contribution is 0.101. The van der Waals surface area contributed by atoms with Crippen molar-refractivity contribution in [1.82, 2.24) is 0 Å². The maximum Gasteiger partial charge on any atom is 0.255 e. The molecule has 0 radical (unpaired) electrons. The van der Waals surface area contributed by atoms with Crippen LogP contribution in [0.3, 0.4) is 0 Å². The molecular formula is C20H17N3O2. The summed E-state index contributed by atoms with van der Waals surface area (Å²) in [6, 6.07) is 22.6. The maximum atomic E-state index is 12.4. The van der Waals surface area contributed by atoms with E-state index in [1.807, 2.05) is 6.07 Å². The molecule has 0 spiro atoms. The third-order valence-electron chi connectivity index (χ3n) is 3.63. The van der Waals surface area contributed by atoms with Gasteiger partial charge in [0.2, 0.25) is 0 Å². The highest BCUT2D eigenvalue weighted by molar-refractivity contribution is 6.10. The number of nitrogen functional groups attached to an aromatic ring is 1. The Hall–Kier alpha value is -3.60. The summed E-state index contributed by atoms with van der Waals surface area (Å²) in [5.41, 5.74) is 8.30. The topological polar surface area (TPSA) is 84.2 Å². The van der Waals surface area contributed by atoms with Crippen LogP contribution in [-0.2, 0) is 0 Å². The fraction of sp³-hybridized carbons (Fsp3) is 0. The van der Waals surface area contributed by atoms with Crippen molar-refractivity contribution in [2.45, 2.75) is 0 Å². The van der Waals surface area contributed by atoms with Gasteiger partial charge in [-0.15, -0.1) is 0 Å². The highest BCUT2D eigenvalue weighted by Crippen LogP contribution is 2.22. The number of hydrogen-bond acceptors (Lipinski definition) is 3. The minimum absolute atomic E-state index is 0.241. The average molecular weight is 331 g/mol. The molecule has 3 rings (SSSR count). The number of benzene rings is 3. The first kappa shape index (κ1) is 16.3. The second-order valence-electron chi connectivity index (χ2n) is 5.44. The molecule has 0 saturated carbocycles. The molecule has 0 heterocycles. The Morgan fingerprint density at radius 3 is 1.56 bits per heavy atom. The normalized spacial score (nSPS) is 10.1. The highest BCUT2D eigenvalue weighted by atomic mass is 16.2. The molecule has 0 unspecified atom stereocenters. The molecule has 0 aliphatic carbocycles. The van der Waals surface area contributed by atoms with E-state index in [0.29, 0.717) is 28.2 Å². The number of amides is 2. The minimum Gasteiger partial charge on any atom is -0.399 e. The second-order valence-corrected chi connectivity index (χ2v) is 5.44. The van der Waals surface area contributed by atoms with Crippen molar-refractivity contribution in [3.63, 3.8) is 0 Å². The Morgan fingerprint density at radius 2 is 1.04 bits per heavy atom. The first-order chi connectivity index (χ1) is 12.1. The molecule has 25 heavy (non-hydrogen) atoms. The van der Waals surface area contributed by atoms with Gasteiger partial charge in [-0.1, -0.05) is 30.3 Å². The Balaban J connectivity index is 1.78. The molecule has 0 aliphatic rings. The predicted octanol–water partition coefficient (Wildman–Crippen LogP) is 3.77. The van der Waals surface area contributed by atoms with Gasteiger partial charge in [0.25, 0.3) is 11.8 Å². The molecule has 0 aliphatic heterocycles. The van der Waals surface area contributed by atoms with Gasteiger partial charge in [0.05, 0.1) is 11.4 Å². The summed E-state index contributed by atoms with van der Waals surface area (Å²) in [5.74, 6) is -0.517. The molecule has 4 N–H and O–H groups in total. The number of anilines is 3. The smallest absolute Gasteiger partial charge is 0.255 e. The van der Waals surface area contributed by atoms with Crippen LogP contribution in [0.1, 0.15) is 20.7 Å². The van der Waals surface area contributed by atoms with E-state index < -0.39 is 0 Å². The van der Waals surface area contributed by atoms with Crippen molar-refractivity contribution in [2.24, 2.45) is 0 Å². The van der Waals surface area contributed by atoms with Crippen LogP contribution < -0.4 is 16.4 Å². The summed E-state index contributed by atoms with van der Waals surface area (Å²) in [5, 5.41) is 5.63. The van der Waals surface area contributed by atoms with Crippen molar-refractivity contribution in [3.05, 3.63) is 90.0 Å². The first-order valence-corrected chi connectivity index (χ1v) is 7.76. The zero-order valence-electron chi connectivity index (χ0n) is 13.4. The van der Waals surface area contributed by atoms with Crippen LogP contribution in [0.25, 0.3) is 0 Å². The van der Waals surface area contributed by atoms with Gasteiger partial charge in [-0.2, -0.15) is 0 Å². The number of nitrogens with one attached hydrogen (secondary N) is 2. The summed E-state index contributed by atoms with van der Waals surface area (Å²) >= 11 is 0. The molecular weight excluding hydrogens is 314 g/mol. The lowest BCUT2D eigenvalue weighted by Crippen LogP contribution is -2.16. The summed E-state index contributed by atoms with van der Waals surface area (Å²) < 4.78 is 0.